The van der Waals surface area contributed by atoms with Crippen LogP contribution in [-0.4, -0.2) is 15.8 Å². The molecule has 1 aromatic rings. The Morgan fingerprint density at radius 1 is 1.33 bits per heavy atom. The molecule has 0 aromatic carbocycles. The highest BCUT2D eigenvalue weighted by Crippen LogP contribution is 1.86. The minimum Gasteiger partial charge on any atom is -0.464 e. The minimum absolute atomic E-state index is 0. The van der Waals surface area contributed by atoms with Crippen molar-refractivity contribution >= 4 is 18.5 Å². The predicted molar refractivity (Wildman–Crippen MR) is 35.1 cm³/mol. The zero-order chi connectivity index (χ0) is 5.98. The maximum atomic E-state index is 10.0. The molecular formula is C5H6ClNO2. The molecule has 3 nitrogen and oxygen atoms in total. The van der Waals surface area contributed by atoms with E-state index in [1.165, 1.54) is 12.4 Å². The number of nitrogens with zero attached hydrogens (tertiary/aromatic N) is 1. The van der Waals surface area contributed by atoms with Gasteiger partial charge >= 0.3 is 6.09 Å². The summed E-state index contributed by atoms with van der Waals surface area (Å²) in [6.07, 6.45) is 2.00. The molecule has 0 saturated heterocycles. The van der Waals surface area contributed by atoms with Crippen molar-refractivity contribution in [2.24, 2.45) is 0 Å². The average molecular weight is 148 g/mol. The SMILES string of the molecule is Cl.O=C(O)n1cccc1. The fourth-order valence-electron chi connectivity index (χ4n) is 0.462. The molecule has 1 rings (SSSR count). The maximum Gasteiger partial charge on any atom is 0.415 e. The summed E-state index contributed by atoms with van der Waals surface area (Å²) in [5.41, 5.74) is 0. The lowest BCUT2D eigenvalue weighted by Crippen LogP contribution is -2.03. The molecule has 4 heteroatoms. The summed E-state index contributed by atoms with van der Waals surface area (Å²) < 4.78 is 1.08. The predicted octanol–water partition coefficient (Wildman–Crippen LogP) is 1.44. The van der Waals surface area contributed by atoms with Crippen LogP contribution in [-0.2, 0) is 0 Å². The molecule has 1 aromatic heterocycles. The summed E-state index contributed by atoms with van der Waals surface area (Å²) >= 11 is 0. The third-order valence-corrected chi connectivity index (χ3v) is 0.825. The van der Waals surface area contributed by atoms with Gasteiger partial charge in [-0.1, -0.05) is 0 Å². The Morgan fingerprint density at radius 3 is 2.00 bits per heavy atom. The van der Waals surface area contributed by atoms with E-state index in [4.69, 9.17) is 5.11 Å². The Bertz CT molecular complexity index is 183. The highest BCUT2D eigenvalue weighted by molar-refractivity contribution is 5.85. The van der Waals surface area contributed by atoms with Crippen molar-refractivity contribution in [3.63, 3.8) is 0 Å². The van der Waals surface area contributed by atoms with Gasteiger partial charge in [0.05, 0.1) is 0 Å². The van der Waals surface area contributed by atoms with Crippen LogP contribution >= 0.6 is 12.4 Å². The molecule has 0 unspecified atom stereocenters. The molecule has 50 valence electrons. The first-order valence-electron chi connectivity index (χ1n) is 2.17. The largest absolute Gasteiger partial charge is 0.464 e. The second kappa shape index (κ2) is 3.14. The summed E-state index contributed by atoms with van der Waals surface area (Å²) in [7, 11) is 0. The van der Waals surface area contributed by atoms with Crippen LogP contribution in [0.15, 0.2) is 24.5 Å². The Kier molecular flexibility index (Phi) is 2.81. The first kappa shape index (κ1) is 8.04. The summed E-state index contributed by atoms with van der Waals surface area (Å²) in [6, 6.07) is 3.32. The zero-order valence-electron chi connectivity index (χ0n) is 4.52. The summed E-state index contributed by atoms with van der Waals surface area (Å²) in [6.45, 7) is 0. The molecule has 0 saturated carbocycles. The lowest BCUT2D eigenvalue weighted by atomic mass is 10.7. The van der Waals surface area contributed by atoms with Gasteiger partial charge in [-0.25, -0.2) is 4.79 Å². The summed E-state index contributed by atoms with van der Waals surface area (Å²) in [5, 5.41) is 8.24. The zero-order valence-corrected chi connectivity index (χ0v) is 5.34. The summed E-state index contributed by atoms with van der Waals surface area (Å²) in [5.74, 6) is 0. The van der Waals surface area contributed by atoms with Gasteiger partial charge < -0.3 is 5.11 Å². The first-order valence-corrected chi connectivity index (χ1v) is 2.17. The van der Waals surface area contributed by atoms with Gasteiger partial charge in [0, 0.05) is 12.4 Å². The fraction of sp³-hybridized carbons (Fsp3) is 0. The second-order valence-electron chi connectivity index (χ2n) is 1.37. The minimum atomic E-state index is -0.949. The van der Waals surface area contributed by atoms with Crippen molar-refractivity contribution in [3.8, 4) is 0 Å². The van der Waals surface area contributed by atoms with Crippen LogP contribution in [0.4, 0.5) is 4.79 Å². The highest BCUT2D eigenvalue weighted by atomic mass is 35.5. The van der Waals surface area contributed by atoms with Gasteiger partial charge in [0.2, 0.25) is 0 Å². The van der Waals surface area contributed by atoms with Crippen LogP contribution in [0.5, 0.6) is 0 Å². The molecule has 0 aliphatic heterocycles. The standard InChI is InChI=1S/C5H5NO2.ClH/c7-5(8)6-3-1-2-4-6;/h1-4H,(H,7,8);1H. The van der Waals surface area contributed by atoms with Gasteiger partial charge in [0.25, 0.3) is 0 Å². The summed E-state index contributed by atoms with van der Waals surface area (Å²) in [4.78, 5) is 10.0. The monoisotopic (exact) mass is 147 g/mol. The topological polar surface area (TPSA) is 42.2 Å². The van der Waals surface area contributed by atoms with Crippen LogP contribution < -0.4 is 0 Å². The van der Waals surface area contributed by atoms with E-state index in [0.717, 1.165) is 4.57 Å². The van der Waals surface area contributed by atoms with E-state index >= 15 is 0 Å². The van der Waals surface area contributed by atoms with Crippen LogP contribution in [0.25, 0.3) is 0 Å². The average Bonchev–Trinajstić information content (AvgIpc) is 2.12. The highest BCUT2D eigenvalue weighted by Gasteiger charge is 1.92. The van der Waals surface area contributed by atoms with Crippen LogP contribution in [0.2, 0.25) is 0 Å². The molecule has 1 N–H and O–H groups in total. The number of carboxylic acid groups (broad SMARTS) is 1. The third kappa shape index (κ3) is 1.77. The number of aromatic nitrogens is 1. The molecule has 0 amide bonds. The van der Waals surface area contributed by atoms with E-state index < -0.39 is 6.09 Å². The Hall–Kier alpha value is -0.960. The fourth-order valence-corrected chi connectivity index (χ4v) is 0.462. The molecule has 1 heterocycles. The number of rotatable bonds is 0. The van der Waals surface area contributed by atoms with Crippen LogP contribution in [0.1, 0.15) is 0 Å². The van der Waals surface area contributed by atoms with E-state index in [9.17, 15) is 4.79 Å². The lowest BCUT2D eigenvalue weighted by Gasteiger charge is -1.87. The molecule has 0 aliphatic carbocycles. The van der Waals surface area contributed by atoms with Crippen LogP contribution in [0.3, 0.4) is 0 Å². The Morgan fingerprint density at radius 2 is 1.78 bits per heavy atom. The van der Waals surface area contributed by atoms with Gasteiger partial charge in [-0.05, 0) is 12.1 Å². The van der Waals surface area contributed by atoms with E-state index in [1.807, 2.05) is 0 Å². The number of hydrogen-bond acceptors (Lipinski definition) is 1. The molecule has 0 atom stereocenters. The van der Waals surface area contributed by atoms with E-state index in [0.29, 0.717) is 0 Å². The van der Waals surface area contributed by atoms with Gasteiger partial charge in [-0.3, -0.25) is 4.57 Å². The molecule has 0 fully saturated rings. The first-order chi connectivity index (χ1) is 3.80. The van der Waals surface area contributed by atoms with E-state index in [-0.39, 0.29) is 12.4 Å². The van der Waals surface area contributed by atoms with Crippen molar-refractivity contribution in [2.45, 2.75) is 0 Å². The quantitative estimate of drug-likeness (QED) is 0.603. The van der Waals surface area contributed by atoms with Crippen molar-refractivity contribution in [1.29, 1.82) is 0 Å². The molecule has 0 aliphatic rings. The number of hydrogen-bond donors (Lipinski definition) is 1. The maximum absolute atomic E-state index is 10.0. The number of carbonyl (C=O) groups is 1. The van der Waals surface area contributed by atoms with Crippen molar-refractivity contribution in [1.82, 2.24) is 4.57 Å². The van der Waals surface area contributed by atoms with Crippen LogP contribution in [0, 0.1) is 0 Å². The van der Waals surface area contributed by atoms with Crippen molar-refractivity contribution in [3.05, 3.63) is 24.5 Å². The van der Waals surface area contributed by atoms with E-state index in [2.05, 4.69) is 0 Å². The van der Waals surface area contributed by atoms with Gasteiger partial charge in [-0.2, -0.15) is 0 Å². The number of halogens is 1. The van der Waals surface area contributed by atoms with Crippen molar-refractivity contribution in [2.75, 3.05) is 0 Å². The molecule has 9 heavy (non-hydrogen) atoms. The molecule has 0 bridgehead atoms. The normalized spacial score (nSPS) is 8.00. The smallest absolute Gasteiger partial charge is 0.415 e. The lowest BCUT2D eigenvalue weighted by molar-refractivity contribution is 0.196. The molecule has 0 spiro atoms. The van der Waals surface area contributed by atoms with Gasteiger partial charge in [-0.15, -0.1) is 12.4 Å². The van der Waals surface area contributed by atoms with Gasteiger partial charge in [0.15, 0.2) is 0 Å². The molecule has 0 radical (unpaired) electrons. The Balaban J connectivity index is 0.000000640. The molecular weight excluding hydrogens is 142 g/mol. The third-order valence-electron chi connectivity index (χ3n) is 0.825. The Labute approximate surface area is 58.3 Å². The van der Waals surface area contributed by atoms with Crippen molar-refractivity contribution < 1.29 is 9.90 Å². The van der Waals surface area contributed by atoms with E-state index in [1.54, 1.807) is 12.1 Å². The van der Waals surface area contributed by atoms with Gasteiger partial charge in [0.1, 0.15) is 0 Å². The second-order valence-corrected chi connectivity index (χ2v) is 1.37.